The molecule has 2 aromatic carbocycles. The second-order valence-electron chi connectivity index (χ2n) is 7.53. The summed E-state index contributed by atoms with van der Waals surface area (Å²) in [6.07, 6.45) is 1.19. The zero-order chi connectivity index (χ0) is 22.5. The van der Waals surface area contributed by atoms with E-state index in [1.165, 1.54) is 44.3 Å². The SMILES string of the molecule is CC(C)(O)c1cc(F)n2c(-c3ccc(F)c(-c4c(F)cccc4C#N)c3)cnc2c1F. The first-order valence-electron chi connectivity index (χ1n) is 9.20. The lowest BCUT2D eigenvalue weighted by Crippen LogP contribution is -2.19. The number of hydrogen-bond donors (Lipinski definition) is 1. The van der Waals surface area contributed by atoms with Crippen LogP contribution in [0.5, 0.6) is 0 Å². The Bertz CT molecular complexity index is 1380. The highest BCUT2D eigenvalue weighted by Crippen LogP contribution is 2.34. The molecule has 156 valence electrons. The van der Waals surface area contributed by atoms with Crippen LogP contribution in [0.15, 0.2) is 48.7 Å². The van der Waals surface area contributed by atoms with E-state index in [4.69, 9.17) is 0 Å². The van der Waals surface area contributed by atoms with Gasteiger partial charge in [-0.05, 0) is 44.2 Å². The quantitative estimate of drug-likeness (QED) is 0.357. The maximum Gasteiger partial charge on any atom is 0.200 e. The van der Waals surface area contributed by atoms with E-state index >= 15 is 0 Å². The maximum absolute atomic E-state index is 14.9. The Morgan fingerprint density at radius 2 is 1.77 bits per heavy atom. The summed E-state index contributed by atoms with van der Waals surface area (Å²) < 4.78 is 59.7. The van der Waals surface area contributed by atoms with Crippen LogP contribution in [-0.4, -0.2) is 14.5 Å². The Morgan fingerprint density at radius 3 is 2.45 bits per heavy atom. The minimum absolute atomic E-state index is 0.0683. The van der Waals surface area contributed by atoms with E-state index in [-0.39, 0.29) is 39.2 Å². The molecular formula is C23H15F4N3O. The van der Waals surface area contributed by atoms with E-state index in [1.807, 2.05) is 6.07 Å². The summed E-state index contributed by atoms with van der Waals surface area (Å²) in [5, 5.41) is 19.4. The fourth-order valence-electron chi connectivity index (χ4n) is 3.51. The zero-order valence-corrected chi connectivity index (χ0v) is 16.4. The Hall–Kier alpha value is -3.70. The van der Waals surface area contributed by atoms with Gasteiger partial charge in [0.2, 0.25) is 0 Å². The predicted octanol–water partition coefficient (Wildman–Crippen LogP) is 5.32. The Balaban J connectivity index is 1.97. The van der Waals surface area contributed by atoms with E-state index in [2.05, 4.69) is 4.98 Å². The van der Waals surface area contributed by atoms with Crippen LogP contribution in [0.25, 0.3) is 28.0 Å². The number of imidazole rings is 1. The van der Waals surface area contributed by atoms with Gasteiger partial charge in [0.25, 0.3) is 0 Å². The first-order chi connectivity index (χ1) is 14.6. The molecule has 0 aliphatic heterocycles. The van der Waals surface area contributed by atoms with Crippen LogP contribution in [0.1, 0.15) is 25.0 Å². The molecule has 4 rings (SSSR count). The number of nitriles is 1. The smallest absolute Gasteiger partial charge is 0.200 e. The Kier molecular flexibility index (Phi) is 4.79. The summed E-state index contributed by atoms with van der Waals surface area (Å²) in [6, 6.07) is 10.1. The summed E-state index contributed by atoms with van der Waals surface area (Å²) in [4.78, 5) is 3.92. The molecule has 4 aromatic rings. The standard InChI is InChI=1S/C23H15F4N3O/c1-23(2,31)15-9-19(26)30-18(11-29-22(30)21(15)27)12-6-7-16(24)14(8-12)20-13(10-28)4-3-5-17(20)25/h3-9,11,31H,1-2H3. The molecule has 1 N–H and O–H groups in total. The maximum atomic E-state index is 14.9. The van der Waals surface area contributed by atoms with Gasteiger partial charge in [-0.15, -0.1) is 0 Å². The molecule has 31 heavy (non-hydrogen) atoms. The highest BCUT2D eigenvalue weighted by Gasteiger charge is 2.26. The third kappa shape index (κ3) is 3.33. The van der Waals surface area contributed by atoms with Gasteiger partial charge in [-0.2, -0.15) is 9.65 Å². The van der Waals surface area contributed by atoms with Crippen LogP contribution in [0.3, 0.4) is 0 Å². The van der Waals surface area contributed by atoms with Crippen LogP contribution >= 0.6 is 0 Å². The summed E-state index contributed by atoms with van der Waals surface area (Å²) in [7, 11) is 0. The van der Waals surface area contributed by atoms with Crippen molar-refractivity contribution in [2.75, 3.05) is 0 Å². The topological polar surface area (TPSA) is 61.3 Å². The number of nitrogens with zero attached hydrogens (tertiary/aromatic N) is 3. The van der Waals surface area contributed by atoms with Gasteiger partial charge in [-0.3, -0.25) is 4.40 Å². The molecule has 0 fully saturated rings. The highest BCUT2D eigenvalue weighted by molar-refractivity contribution is 5.77. The van der Waals surface area contributed by atoms with Gasteiger partial charge in [-0.25, -0.2) is 18.2 Å². The molecule has 0 unspecified atom stereocenters. The van der Waals surface area contributed by atoms with Gasteiger partial charge < -0.3 is 5.11 Å². The van der Waals surface area contributed by atoms with Crippen molar-refractivity contribution in [3.8, 4) is 28.5 Å². The molecule has 2 aromatic heterocycles. The predicted molar refractivity (Wildman–Crippen MR) is 106 cm³/mol. The van der Waals surface area contributed by atoms with Crippen molar-refractivity contribution in [1.29, 1.82) is 5.26 Å². The second-order valence-corrected chi connectivity index (χ2v) is 7.53. The molecule has 0 aliphatic rings. The first kappa shape index (κ1) is 20.6. The molecule has 0 bridgehead atoms. The van der Waals surface area contributed by atoms with Crippen molar-refractivity contribution in [3.05, 3.63) is 83.2 Å². The highest BCUT2D eigenvalue weighted by atomic mass is 19.1. The third-order valence-corrected chi connectivity index (χ3v) is 5.00. The first-order valence-corrected chi connectivity index (χ1v) is 9.20. The number of pyridine rings is 1. The van der Waals surface area contributed by atoms with Crippen LogP contribution in [0.2, 0.25) is 0 Å². The van der Waals surface area contributed by atoms with E-state index in [0.717, 1.165) is 22.6 Å². The van der Waals surface area contributed by atoms with E-state index < -0.39 is 29.0 Å². The van der Waals surface area contributed by atoms with Crippen LogP contribution in [-0.2, 0) is 5.60 Å². The lowest BCUT2D eigenvalue weighted by molar-refractivity contribution is 0.0741. The Morgan fingerprint density at radius 1 is 1.03 bits per heavy atom. The van der Waals surface area contributed by atoms with Gasteiger partial charge in [0.15, 0.2) is 17.4 Å². The van der Waals surface area contributed by atoms with E-state index in [0.29, 0.717) is 0 Å². The van der Waals surface area contributed by atoms with E-state index in [1.54, 1.807) is 0 Å². The van der Waals surface area contributed by atoms with Gasteiger partial charge in [0.1, 0.15) is 11.6 Å². The van der Waals surface area contributed by atoms with Gasteiger partial charge in [0, 0.05) is 28.3 Å². The summed E-state index contributed by atoms with van der Waals surface area (Å²) >= 11 is 0. The summed E-state index contributed by atoms with van der Waals surface area (Å²) in [6.45, 7) is 2.64. The molecule has 0 saturated heterocycles. The van der Waals surface area contributed by atoms with Crippen LogP contribution in [0, 0.1) is 34.7 Å². The normalized spacial score (nSPS) is 11.7. The van der Waals surface area contributed by atoms with Gasteiger partial charge in [-0.1, -0.05) is 6.07 Å². The number of benzene rings is 2. The minimum Gasteiger partial charge on any atom is -0.386 e. The molecule has 8 heteroatoms. The van der Waals surface area contributed by atoms with Gasteiger partial charge >= 0.3 is 0 Å². The van der Waals surface area contributed by atoms with E-state index in [9.17, 15) is 27.9 Å². The lowest BCUT2D eigenvalue weighted by Gasteiger charge is -2.19. The third-order valence-electron chi connectivity index (χ3n) is 5.00. The molecule has 4 nitrogen and oxygen atoms in total. The zero-order valence-electron chi connectivity index (χ0n) is 16.4. The monoisotopic (exact) mass is 425 g/mol. The van der Waals surface area contributed by atoms with Crippen molar-refractivity contribution < 1.29 is 22.7 Å². The van der Waals surface area contributed by atoms with Crippen molar-refractivity contribution in [1.82, 2.24) is 9.38 Å². The summed E-state index contributed by atoms with van der Waals surface area (Å²) in [5.41, 5.74) is -2.44. The van der Waals surface area contributed by atoms with Crippen molar-refractivity contribution in [2.24, 2.45) is 0 Å². The average Bonchev–Trinajstić information content (AvgIpc) is 3.16. The number of halogens is 4. The fourth-order valence-corrected chi connectivity index (χ4v) is 3.51. The molecule has 0 amide bonds. The fraction of sp³-hybridized carbons (Fsp3) is 0.130. The summed E-state index contributed by atoms with van der Waals surface area (Å²) in [5.74, 6) is -3.37. The van der Waals surface area contributed by atoms with Gasteiger partial charge in [0.05, 0.1) is 29.1 Å². The molecule has 0 aliphatic carbocycles. The number of aromatic nitrogens is 2. The molecular weight excluding hydrogens is 410 g/mol. The molecule has 0 spiro atoms. The minimum atomic E-state index is -1.64. The molecule has 0 radical (unpaired) electrons. The lowest BCUT2D eigenvalue weighted by atomic mass is 9.96. The van der Waals surface area contributed by atoms with Crippen LogP contribution < -0.4 is 0 Å². The van der Waals surface area contributed by atoms with Crippen LogP contribution in [0.4, 0.5) is 17.6 Å². The van der Waals surface area contributed by atoms with Crippen molar-refractivity contribution in [3.63, 3.8) is 0 Å². The van der Waals surface area contributed by atoms with Crippen molar-refractivity contribution in [2.45, 2.75) is 19.4 Å². The number of aliphatic hydroxyl groups is 1. The Labute approximate surface area is 174 Å². The second kappa shape index (κ2) is 7.22. The number of fused-ring (bicyclic) bond motifs is 1. The molecule has 0 saturated carbocycles. The van der Waals surface area contributed by atoms with Crippen molar-refractivity contribution >= 4 is 5.65 Å². The number of hydrogen-bond acceptors (Lipinski definition) is 3. The largest absolute Gasteiger partial charge is 0.386 e. The number of rotatable bonds is 3. The molecule has 0 atom stereocenters. The molecule has 2 heterocycles. The average molecular weight is 425 g/mol.